The van der Waals surface area contributed by atoms with Crippen LogP contribution in [-0.2, 0) is 6.42 Å². The molecule has 3 N–H and O–H groups in total. The van der Waals surface area contributed by atoms with Crippen LogP contribution in [0.2, 0.25) is 0 Å². The van der Waals surface area contributed by atoms with Gasteiger partial charge in [0.25, 0.3) is 0 Å². The second-order valence-corrected chi connectivity index (χ2v) is 5.83. The van der Waals surface area contributed by atoms with Crippen molar-refractivity contribution in [2.45, 2.75) is 19.4 Å². The molecule has 1 atom stereocenters. The quantitative estimate of drug-likeness (QED) is 0.658. The average Bonchev–Trinajstić information content (AvgIpc) is 2.99. The molecule has 0 fully saturated rings. The van der Waals surface area contributed by atoms with Crippen LogP contribution >= 0.6 is 11.3 Å². The Bertz CT molecular complexity index is 565. The minimum Gasteiger partial charge on any atom is -0.493 e. The summed E-state index contributed by atoms with van der Waals surface area (Å²) >= 11 is 1.77. The summed E-state index contributed by atoms with van der Waals surface area (Å²) in [5, 5.41) is 0. The highest BCUT2D eigenvalue weighted by Gasteiger charge is 2.18. The van der Waals surface area contributed by atoms with Gasteiger partial charge in [0.2, 0.25) is 0 Å². The van der Waals surface area contributed by atoms with E-state index in [0.29, 0.717) is 0 Å². The highest BCUT2D eigenvalue weighted by atomic mass is 32.1. The van der Waals surface area contributed by atoms with Crippen LogP contribution in [0.1, 0.15) is 26.9 Å². The molecule has 2 aromatic rings. The minimum absolute atomic E-state index is 0.0644. The zero-order valence-corrected chi connectivity index (χ0v) is 11.1. The number of thiophene rings is 1. The molecule has 0 radical (unpaired) electrons. The first kappa shape index (κ1) is 11.7. The first-order valence-corrected chi connectivity index (χ1v) is 6.87. The van der Waals surface area contributed by atoms with Gasteiger partial charge in [-0.3, -0.25) is 5.84 Å². The van der Waals surface area contributed by atoms with Crippen molar-refractivity contribution < 1.29 is 4.74 Å². The number of rotatable bonds is 3. The van der Waals surface area contributed by atoms with Crippen LogP contribution in [0.25, 0.3) is 0 Å². The molecule has 1 aromatic heterocycles. The lowest BCUT2D eigenvalue weighted by Gasteiger charge is -2.15. The average molecular weight is 260 g/mol. The van der Waals surface area contributed by atoms with Crippen molar-refractivity contribution in [2.75, 3.05) is 6.61 Å². The van der Waals surface area contributed by atoms with Crippen LogP contribution < -0.4 is 16.0 Å². The third kappa shape index (κ3) is 2.03. The number of aryl methyl sites for hydroxylation is 1. The minimum atomic E-state index is 0.0644. The summed E-state index contributed by atoms with van der Waals surface area (Å²) in [5.74, 6) is 6.73. The van der Waals surface area contributed by atoms with Gasteiger partial charge in [0.05, 0.1) is 12.6 Å². The number of ether oxygens (including phenoxy) is 1. The van der Waals surface area contributed by atoms with Crippen LogP contribution in [0, 0.1) is 6.92 Å². The van der Waals surface area contributed by atoms with Crippen molar-refractivity contribution in [1.29, 1.82) is 0 Å². The molecule has 4 heteroatoms. The first-order valence-electron chi connectivity index (χ1n) is 6.06. The molecule has 3 rings (SSSR count). The van der Waals surface area contributed by atoms with Crippen LogP contribution in [0.4, 0.5) is 0 Å². The van der Waals surface area contributed by atoms with Gasteiger partial charge in [0.1, 0.15) is 5.75 Å². The molecule has 0 saturated heterocycles. The molecule has 0 bridgehead atoms. The van der Waals surface area contributed by atoms with E-state index >= 15 is 0 Å². The molecule has 0 amide bonds. The van der Waals surface area contributed by atoms with Gasteiger partial charge in [-0.05, 0) is 42.3 Å². The molecule has 1 aliphatic heterocycles. The Labute approximate surface area is 111 Å². The predicted molar refractivity (Wildman–Crippen MR) is 73.9 cm³/mol. The Balaban J connectivity index is 1.96. The van der Waals surface area contributed by atoms with Crippen molar-refractivity contribution in [3.05, 3.63) is 51.2 Å². The summed E-state index contributed by atoms with van der Waals surface area (Å²) in [6.45, 7) is 2.90. The highest BCUT2D eigenvalue weighted by molar-refractivity contribution is 7.12. The maximum Gasteiger partial charge on any atom is 0.122 e. The molecular formula is C14H16N2OS. The lowest BCUT2D eigenvalue weighted by Crippen LogP contribution is -2.28. The van der Waals surface area contributed by atoms with Crippen molar-refractivity contribution in [3.63, 3.8) is 0 Å². The maximum atomic E-state index is 5.72. The number of fused-ring (bicyclic) bond motifs is 1. The molecule has 1 aliphatic rings. The van der Waals surface area contributed by atoms with Crippen LogP contribution in [0.5, 0.6) is 5.75 Å². The van der Waals surface area contributed by atoms with E-state index in [-0.39, 0.29) is 6.04 Å². The monoisotopic (exact) mass is 260 g/mol. The van der Waals surface area contributed by atoms with Gasteiger partial charge in [-0.2, -0.15) is 0 Å². The summed E-state index contributed by atoms with van der Waals surface area (Å²) in [6, 6.07) is 10.7. The third-order valence-electron chi connectivity index (χ3n) is 3.26. The Hall–Kier alpha value is -1.36. The fourth-order valence-corrected chi connectivity index (χ4v) is 3.30. The van der Waals surface area contributed by atoms with E-state index in [1.165, 1.54) is 20.9 Å². The fraction of sp³-hybridized carbons (Fsp3) is 0.286. The standard InChI is InChI=1S/C14H16N2OS/c1-9-2-5-13(18-9)14(16-15)11-3-4-12-10(8-11)6-7-17-12/h2-5,8,14,16H,6-7,15H2,1H3. The number of hydrazine groups is 1. The van der Waals surface area contributed by atoms with Gasteiger partial charge in [-0.15, -0.1) is 11.3 Å². The maximum absolute atomic E-state index is 5.72. The zero-order valence-electron chi connectivity index (χ0n) is 10.3. The summed E-state index contributed by atoms with van der Waals surface area (Å²) in [6.07, 6.45) is 0.990. The Morgan fingerprint density at radius 3 is 2.94 bits per heavy atom. The molecule has 0 saturated carbocycles. The lowest BCUT2D eigenvalue weighted by molar-refractivity contribution is 0.357. The third-order valence-corrected chi connectivity index (χ3v) is 4.32. The zero-order chi connectivity index (χ0) is 12.5. The summed E-state index contributed by atoms with van der Waals surface area (Å²) < 4.78 is 5.53. The van der Waals surface area contributed by atoms with Gasteiger partial charge >= 0.3 is 0 Å². The largest absolute Gasteiger partial charge is 0.493 e. The number of nitrogens with two attached hydrogens (primary N) is 1. The molecular weight excluding hydrogens is 244 g/mol. The summed E-state index contributed by atoms with van der Waals surface area (Å²) in [5.41, 5.74) is 5.39. The Morgan fingerprint density at radius 1 is 1.33 bits per heavy atom. The Kier molecular flexibility index (Phi) is 3.07. The molecule has 94 valence electrons. The van der Waals surface area contributed by atoms with Gasteiger partial charge in [0.15, 0.2) is 0 Å². The first-order chi connectivity index (χ1) is 8.78. The second-order valence-electron chi connectivity index (χ2n) is 4.51. The highest BCUT2D eigenvalue weighted by Crippen LogP contribution is 2.32. The normalized spacial score (nSPS) is 15.2. The summed E-state index contributed by atoms with van der Waals surface area (Å²) in [7, 11) is 0. The van der Waals surface area contributed by atoms with Crippen LogP contribution in [0.15, 0.2) is 30.3 Å². The van der Waals surface area contributed by atoms with Crippen molar-refractivity contribution in [1.82, 2.24) is 5.43 Å². The SMILES string of the molecule is Cc1ccc(C(NN)c2ccc3c(c2)CCO3)s1. The molecule has 2 heterocycles. The van der Waals surface area contributed by atoms with E-state index in [1.807, 2.05) is 6.07 Å². The predicted octanol–water partition coefficient (Wildman–Crippen LogP) is 2.54. The number of hydrogen-bond acceptors (Lipinski definition) is 4. The van der Waals surface area contributed by atoms with E-state index in [0.717, 1.165) is 18.8 Å². The number of nitrogens with one attached hydrogen (secondary N) is 1. The topological polar surface area (TPSA) is 47.3 Å². The van der Waals surface area contributed by atoms with Crippen LogP contribution in [-0.4, -0.2) is 6.61 Å². The number of hydrogen-bond donors (Lipinski definition) is 2. The van der Waals surface area contributed by atoms with E-state index in [2.05, 4.69) is 36.6 Å². The Morgan fingerprint density at radius 2 is 2.22 bits per heavy atom. The molecule has 0 aliphatic carbocycles. The van der Waals surface area contributed by atoms with Gasteiger partial charge in [0, 0.05) is 16.2 Å². The van der Waals surface area contributed by atoms with Crippen molar-refractivity contribution in [3.8, 4) is 5.75 Å². The lowest BCUT2D eigenvalue weighted by atomic mass is 10.0. The molecule has 3 nitrogen and oxygen atoms in total. The van der Waals surface area contributed by atoms with Gasteiger partial charge in [-0.1, -0.05) is 6.07 Å². The van der Waals surface area contributed by atoms with Crippen molar-refractivity contribution >= 4 is 11.3 Å². The van der Waals surface area contributed by atoms with E-state index < -0.39 is 0 Å². The smallest absolute Gasteiger partial charge is 0.122 e. The molecule has 1 aromatic carbocycles. The molecule has 0 spiro atoms. The van der Waals surface area contributed by atoms with E-state index in [1.54, 1.807) is 11.3 Å². The second kappa shape index (κ2) is 4.72. The van der Waals surface area contributed by atoms with Gasteiger partial charge < -0.3 is 4.74 Å². The fourth-order valence-electron chi connectivity index (χ4n) is 2.34. The summed E-state index contributed by atoms with van der Waals surface area (Å²) in [4.78, 5) is 2.55. The van der Waals surface area contributed by atoms with Crippen molar-refractivity contribution in [2.24, 2.45) is 5.84 Å². The van der Waals surface area contributed by atoms with E-state index in [4.69, 9.17) is 10.6 Å². The number of benzene rings is 1. The molecule has 18 heavy (non-hydrogen) atoms. The van der Waals surface area contributed by atoms with E-state index in [9.17, 15) is 0 Å². The molecule has 1 unspecified atom stereocenters. The van der Waals surface area contributed by atoms with Crippen LogP contribution in [0.3, 0.4) is 0 Å². The van der Waals surface area contributed by atoms with Gasteiger partial charge in [-0.25, -0.2) is 5.43 Å².